The highest BCUT2D eigenvalue weighted by atomic mass is 16.5. The van der Waals surface area contributed by atoms with Crippen LogP contribution in [0.3, 0.4) is 0 Å². The fourth-order valence-corrected chi connectivity index (χ4v) is 1.53. The lowest BCUT2D eigenvalue weighted by Crippen LogP contribution is -2.29. The lowest BCUT2D eigenvalue weighted by molar-refractivity contribution is 0.0599. The van der Waals surface area contributed by atoms with Crippen LogP contribution in [-0.4, -0.2) is 32.8 Å². The molecule has 0 aliphatic carbocycles. The molecular formula is C12H19NO4. The van der Waals surface area contributed by atoms with Crippen LogP contribution in [0.5, 0.6) is 0 Å². The summed E-state index contributed by atoms with van der Waals surface area (Å²) in [6.45, 7) is 4.95. The van der Waals surface area contributed by atoms with Crippen LogP contribution in [0.15, 0.2) is 10.5 Å². The molecule has 1 rings (SSSR count). The van der Waals surface area contributed by atoms with E-state index in [2.05, 4.69) is 10.1 Å². The summed E-state index contributed by atoms with van der Waals surface area (Å²) in [7, 11) is 3.01. The van der Waals surface area contributed by atoms with E-state index in [1.54, 1.807) is 20.1 Å². The van der Waals surface area contributed by atoms with Crippen molar-refractivity contribution in [3.8, 4) is 0 Å². The zero-order valence-corrected chi connectivity index (χ0v) is 10.7. The molecule has 1 heterocycles. The van der Waals surface area contributed by atoms with Crippen molar-refractivity contribution in [1.29, 1.82) is 0 Å². The molecule has 0 aliphatic heterocycles. The zero-order chi connectivity index (χ0) is 12.8. The van der Waals surface area contributed by atoms with Gasteiger partial charge in [-0.25, -0.2) is 4.79 Å². The summed E-state index contributed by atoms with van der Waals surface area (Å²) >= 11 is 0. The Balaban J connectivity index is 2.58. The van der Waals surface area contributed by atoms with E-state index >= 15 is 0 Å². The van der Waals surface area contributed by atoms with Crippen LogP contribution >= 0.6 is 0 Å². The fraction of sp³-hybridized carbons (Fsp3) is 0.583. The molecule has 0 saturated carbocycles. The molecule has 1 aromatic heterocycles. The van der Waals surface area contributed by atoms with Crippen molar-refractivity contribution in [1.82, 2.24) is 5.32 Å². The topological polar surface area (TPSA) is 60.7 Å². The van der Waals surface area contributed by atoms with Crippen molar-refractivity contribution in [2.24, 2.45) is 0 Å². The Morgan fingerprint density at radius 2 is 2.24 bits per heavy atom. The van der Waals surface area contributed by atoms with Crippen LogP contribution in [0.4, 0.5) is 0 Å². The number of esters is 1. The van der Waals surface area contributed by atoms with Gasteiger partial charge < -0.3 is 19.2 Å². The first-order valence-electron chi connectivity index (χ1n) is 5.48. The first-order chi connectivity index (χ1) is 8.08. The van der Waals surface area contributed by atoms with E-state index in [0.29, 0.717) is 30.2 Å². The van der Waals surface area contributed by atoms with Crippen LogP contribution in [0.25, 0.3) is 0 Å². The van der Waals surface area contributed by atoms with Crippen LogP contribution in [0.2, 0.25) is 0 Å². The summed E-state index contributed by atoms with van der Waals surface area (Å²) in [6, 6.07) is 1.93. The van der Waals surface area contributed by atoms with Crippen molar-refractivity contribution in [3.63, 3.8) is 0 Å². The lowest BCUT2D eigenvalue weighted by atomic mass is 10.2. The van der Waals surface area contributed by atoms with E-state index in [4.69, 9.17) is 9.15 Å². The summed E-state index contributed by atoms with van der Waals surface area (Å²) in [6.07, 6.45) is 0. The zero-order valence-electron chi connectivity index (χ0n) is 10.7. The van der Waals surface area contributed by atoms with Crippen molar-refractivity contribution in [2.75, 3.05) is 20.8 Å². The molecule has 5 nitrogen and oxygen atoms in total. The van der Waals surface area contributed by atoms with Crippen LogP contribution < -0.4 is 5.32 Å². The van der Waals surface area contributed by atoms with E-state index in [1.165, 1.54) is 7.11 Å². The van der Waals surface area contributed by atoms with Gasteiger partial charge >= 0.3 is 5.97 Å². The van der Waals surface area contributed by atoms with Gasteiger partial charge in [-0.15, -0.1) is 0 Å². The third-order valence-electron chi connectivity index (χ3n) is 2.42. The third-order valence-corrected chi connectivity index (χ3v) is 2.42. The molecule has 0 saturated heterocycles. The molecule has 1 aromatic rings. The first kappa shape index (κ1) is 13.7. The predicted octanol–water partition coefficient (Wildman–Crippen LogP) is 1.50. The number of carbonyl (C=O) groups excluding carboxylic acids is 1. The van der Waals surface area contributed by atoms with E-state index in [-0.39, 0.29) is 12.0 Å². The number of ether oxygens (including phenoxy) is 2. The molecule has 1 N–H and O–H groups in total. The second kappa shape index (κ2) is 6.42. The number of hydrogen-bond donors (Lipinski definition) is 1. The molecule has 0 fully saturated rings. The molecule has 0 spiro atoms. The van der Waals surface area contributed by atoms with Gasteiger partial charge in [0.05, 0.1) is 20.3 Å². The summed E-state index contributed by atoms with van der Waals surface area (Å²) in [4.78, 5) is 11.4. The summed E-state index contributed by atoms with van der Waals surface area (Å²) < 4.78 is 15.1. The molecule has 0 aromatic carbocycles. The largest absolute Gasteiger partial charge is 0.465 e. The highest BCUT2D eigenvalue weighted by molar-refractivity contribution is 5.90. The van der Waals surface area contributed by atoms with E-state index < -0.39 is 0 Å². The van der Waals surface area contributed by atoms with Gasteiger partial charge in [0.2, 0.25) is 0 Å². The fourth-order valence-electron chi connectivity index (χ4n) is 1.53. The summed E-state index contributed by atoms with van der Waals surface area (Å²) in [5.74, 6) is 0.918. The molecule has 96 valence electrons. The maximum atomic E-state index is 11.4. The molecule has 0 aliphatic rings. The molecule has 0 radical (unpaired) electrons. The second-order valence-corrected chi connectivity index (χ2v) is 3.91. The van der Waals surface area contributed by atoms with E-state index in [1.807, 2.05) is 6.92 Å². The van der Waals surface area contributed by atoms with Crippen molar-refractivity contribution < 1.29 is 18.7 Å². The number of rotatable bonds is 6. The molecule has 0 bridgehead atoms. The standard InChI is InChI=1S/C12H19NO4/c1-8(7-15-3)13-6-10-5-11(9(2)17-10)12(14)16-4/h5,8,13H,6-7H2,1-4H3. The summed E-state index contributed by atoms with van der Waals surface area (Å²) in [5, 5.41) is 3.23. The number of aryl methyl sites for hydroxylation is 1. The molecule has 1 atom stereocenters. The first-order valence-corrected chi connectivity index (χ1v) is 5.48. The molecule has 0 amide bonds. The summed E-state index contributed by atoms with van der Waals surface area (Å²) in [5.41, 5.74) is 0.476. The SMILES string of the molecule is COCC(C)NCc1cc(C(=O)OC)c(C)o1. The minimum absolute atomic E-state index is 0.229. The monoisotopic (exact) mass is 241 g/mol. The molecule has 5 heteroatoms. The quantitative estimate of drug-likeness (QED) is 0.765. The van der Waals surface area contributed by atoms with Gasteiger partial charge in [-0.2, -0.15) is 0 Å². The Kier molecular flexibility index (Phi) is 5.18. The van der Waals surface area contributed by atoms with Gasteiger partial charge in [0.1, 0.15) is 17.1 Å². The smallest absolute Gasteiger partial charge is 0.341 e. The Bertz CT molecular complexity index is 373. The Hall–Kier alpha value is -1.33. The van der Waals surface area contributed by atoms with Gasteiger partial charge in [0.25, 0.3) is 0 Å². The highest BCUT2D eigenvalue weighted by Gasteiger charge is 2.15. The highest BCUT2D eigenvalue weighted by Crippen LogP contribution is 2.15. The molecular weight excluding hydrogens is 222 g/mol. The van der Waals surface area contributed by atoms with Crippen LogP contribution in [0, 0.1) is 6.92 Å². The van der Waals surface area contributed by atoms with Gasteiger partial charge in [-0.3, -0.25) is 0 Å². The number of carbonyl (C=O) groups is 1. The molecule has 1 unspecified atom stereocenters. The average Bonchev–Trinajstić information content (AvgIpc) is 2.67. The number of furan rings is 1. The normalized spacial score (nSPS) is 12.5. The average molecular weight is 241 g/mol. The Morgan fingerprint density at radius 3 is 2.82 bits per heavy atom. The number of hydrogen-bond acceptors (Lipinski definition) is 5. The van der Waals surface area contributed by atoms with Gasteiger partial charge in [0, 0.05) is 13.2 Å². The molecule has 17 heavy (non-hydrogen) atoms. The van der Waals surface area contributed by atoms with Crippen molar-refractivity contribution >= 4 is 5.97 Å². The Morgan fingerprint density at radius 1 is 1.53 bits per heavy atom. The lowest BCUT2D eigenvalue weighted by Gasteiger charge is -2.10. The second-order valence-electron chi connectivity index (χ2n) is 3.91. The number of methoxy groups -OCH3 is 2. The van der Waals surface area contributed by atoms with Crippen molar-refractivity contribution in [3.05, 3.63) is 23.2 Å². The van der Waals surface area contributed by atoms with Gasteiger partial charge in [-0.05, 0) is 19.9 Å². The third kappa shape index (κ3) is 3.87. The maximum absolute atomic E-state index is 11.4. The van der Waals surface area contributed by atoms with Gasteiger partial charge in [-0.1, -0.05) is 0 Å². The predicted molar refractivity (Wildman–Crippen MR) is 63.0 cm³/mol. The van der Waals surface area contributed by atoms with Crippen LogP contribution in [-0.2, 0) is 16.0 Å². The Labute approximate surface area is 101 Å². The van der Waals surface area contributed by atoms with Gasteiger partial charge in [0.15, 0.2) is 0 Å². The van der Waals surface area contributed by atoms with E-state index in [0.717, 1.165) is 0 Å². The number of nitrogens with one attached hydrogen (secondary N) is 1. The maximum Gasteiger partial charge on any atom is 0.341 e. The minimum atomic E-state index is -0.373. The van der Waals surface area contributed by atoms with Crippen LogP contribution in [0.1, 0.15) is 28.8 Å². The minimum Gasteiger partial charge on any atom is -0.465 e. The van der Waals surface area contributed by atoms with E-state index in [9.17, 15) is 4.79 Å². The van der Waals surface area contributed by atoms with Crippen molar-refractivity contribution in [2.45, 2.75) is 26.4 Å².